The molecule has 5 saturated carbocycles. The lowest BCUT2D eigenvalue weighted by Crippen LogP contribution is -2.59. The average Bonchev–Trinajstić information content (AvgIpc) is 3.58. The largest absolute Gasteiger partial charge is 0.462 e. The van der Waals surface area contributed by atoms with Crippen LogP contribution in [0, 0.1) is 64.1 Å². The van der Waals surface area contributed by atoms with Crippen LogP contribution in [0.4, 0.5) is 0 Å². The number of ether oxygens (including phenoxy) is 1. The van der Waals surface area contributed by atoms with Gasteiger partial charge in [0.25, 0.3) is 0 Å². The number of allylic oxidation sites excluding steroid dienone is 2. The Morgan fingerprint density at radius 1 is 1.00 bits per heavy atom. The van der Waals surface area contributed by atoms with Gasteiger partial charge in [0.2, 0.25) is 0 Å². The number of aliphatic hydroxyl groups is 1. The van der Waals surface area contributed by atoms with Crippen LogP contribution in [-0.4, -0.2) is 29.1 Å². The van der Waals surface area contributed by atoms with Crippen molar-refractivity contribution >= 4 is 11.8 Å². The molecule has 6 aliphatic rings. The average molecular weight is 511 g/mol. The second kappa shape index (κ2) is 9.49. The quantitative estimate of drug-likeness (QED) is 0.317. The molecule has 0 aromatic rings. The Morgan fingerprint density at radius 3 is 2.51 bits per heavy atom. The first-order valence-corrected chi connectivity index (χ1v) is 15.7. The fourth-order valence-corrected chi connectivity index (χ4v) is 11.2. The molecule has 6 aliphatic carbocycles. The lowest BCUT2D eigenvalue weighted by Gasteiger charge is -2.62. The fraction of sp³-hybridized carbons (Fsp3) is 0.879. The van der Waals surface area contributed by atoms with Crippen molar-refractivity contribution < 1.29 is 19.4 Å². The third-order valence-corrected chi connectivity index (χ3v) is 13.3. The van der Waals surface area contributed by atoms with E-state index in [0.29, 0.717) is 53.8 Å². The van der Waals surface area contributed by atoms with Crippen molar-refractivity contribution in [3.8, 4) is 0 Å². The predicted molar refractivity (Wildman–Crippen MR) is 144 cm³/mol. The number of carbonyl (C=O) groups excluding carboxylic acids is 2. The van der Waals surface area contributed by atoms with Crippen LogP contribution in [0.1, 0.15) is 105 Å². The van der Waals surface area contributed by atoms with E-state index >= 15 is 0 Å². The van der Waals surface area contributed by atoms with Crippen LogP contribution >= 0.6 is 0 Å². The van der Waals surface area contributed by atoms with E-state index in [1.807, 2.05) is 0 Å². The molecule has 1 N–H and O–H groups in total. The molecule has 0 heterocycles. The van der Waals surface area contributed by atoms with E-state index in [1.165, 1.54) is 25.7 Å². The minimum absolute atomic E-state index is 0.0115. The zero-order valence-corrected chi connectivity index (χ0v) is 23.7. The molecule has 37 heavy (non-hydrogen) atoms. The smallest absolute Gasteiger partial charge is 0.309 e. The first-order valence-electron chi connectivity index (χ1n) is 15.7. The summed E-state index contributed by atoms with van der Waals surface area (Å²) in [6.45, 7) is 8.95. The van der Waals surface area contributed by atoms with Crippen molar-refractivity contribution in [2.75, 3.05) is 0 Å². The van der Waals surface area contributed by atoms with Gasteiger partial charge in [0.15, 0.2) is 0 Å². The van der Waals surface area contributed by atoms with Gasteiger partial charge in [-0.1, -0.05) is 32.9 Å². The van der Waals surface area contributed by atoms with E-state index in [1.54, 1.807) is 6.92 Å². The minimum Gasteiger partial charge on any atom is -0.462 e. The normalized spacial score (nSPS) is 50.7. The highest BCUT2D eigenvalue weighted by atomic mass is 16.5. The van der Waals surface area contributed by atoms with Crippen LogP contribution in [0.5, 0.6) is 0 Å². The maximum absolute atomic E-state index is 13.0. The van der Waals surface area contributed by atoms with Gasteiger partial charge in [0, 0.05) is 6.42 Å². The van der Waals surface area contributed by atoms with Crippen LogP contribution < -0.4 is 0 Å². The van der Waals surface area contributed by atoms with E-state index in [0.717, 1.165) is 44.9 Å². The summed E-state index contributed by atoms with van der Waals surface area (Å²) in [5, 5.41) is 11.8. The number of fused-ring (bicyclic) bond motifs is 7. The zero-order valence-electron chi connectivity index (χ0n) is 23.7. The van der Waals surface area contributed by atoms with Crippen LogP contribution in [0.3, 0.4) is 0 Å². The van der Waals surface area contributed by atoms with Crippen molar-refractivity contribution in [1.29, 1.82) is 0 Å². The highest BCUT2D eigenvalue weighted by Crippen LogP contribution is 2.68. The standard InChI is InChI=1S/C33H50O4/c1-19(5-6-20(2)34)27-11-12-28-25-10-9-23-17-24(37-31(36)26-16-21-7-8-22(26)15-21)13-14-32(23,3)29(25)18-30(35)33(27,28)4/h7-8,19,21-30,35H,5-6,9-18H2,1-4H3. The van der Waals surface area contributed by atoms with Crippen molar-refractivity contribution in [3.05, 3.63) is 12.2 Å². The second-order valence-electron chi connectivity index (χ2n) is 14.9. The number of ketones is 1. The van der Waals surface area contributed by atoms with Crippen molar-refractivity contribution in [2.24, 2.45) is 64.1 Å². The summed E-state index contributed by atoms with van der Waals surface area (Å²) in [5.74, 6) is 4.98. The highest BCUT2D eigenvalue weighted by Gasteiger charge is 2.64. The number of hydrogen-bond donors (Lipinski definition) is 1. The van der Waals surface area contributed by atoms with Crippen LogP contribution in [0.2, 0.25) is 0 Å². The molecule has 4 heteroatoms. The predicted octanol–water partition coefficient (Wildman–Crippen LogP) is 6.75. The number of rotatable bonds is 6. The number of hydrogen-bond acceptors (Lipinski definition) is 4. The summed E-state index contributed by atoms with van der Waals surface area (Å²) in [5.41, 5.74) is 0.240. The summed E-state index contributed by atoms with van der Waals surface area (Å²) in [7, 11) is 0. The highest BCUT2D eigenvalue weighted by molar-refractivity contribution is 5.75. The molecule has 0 saturated heterocycles. The van der Waals surface area contributed by atoms with Gasteiger partial charge in [0.05, 0.1) is 12.0 Å². The molecule has 0 spiro atoms. The number of Topliss-reactive ketones (excluding diaryl/α,β-unsaturated/α-hetero) is 1. The summed E-state index contributed by atoms with van der Waals surface area (Å²) in [6, 6.07) is 0. The van der Waals surface area contributed by atoms with Gasteiger partial charge >= 0.3 is 5.97 Å². The van der Waals surface area contributed by atoms with E-state index in [9.17, 15) is 14.7 Å². The Labute approximate surface area is 224 Å². The molecule has 13 atom stereocenters. The Morgan fingerprint density at radius 2 is 1.81 bits per heavy atom. The summed E-state index contributed by atoms with van der Waals surface area (Å²) in [6.07, 6.45) is 17.2. The van der Waals surface area contributed by atoms with Gasteiger partial charge in [-0.25, -0.2) is 0 Å². The molecular weight excluding hydrogens is 460 g/mol. The van der Waals surface area contributed by atoms with Gasteiger partial charge in [-0.15, -0.1) is 0 Å². The Hall–Kier alpha value is -1.16. The van der Waals surface area contributed by atoms with Gasteiger partial charge in [-0.2, -0.15) is 0 Å². The fourth-order valence-electron chi connectivity index (χ4n) is 11.2. The first kappa shape index (κ1) is 26.1. The van der Waals surface area contributed by atoms with E-state index in [2.05, 4.69) is 32.9 Å². The maximum Gasteiger partial charge on any atom is 0.309 e. The molecule has 4 nitrogen and oxygen atoms in total. The maximum atomic E-state index is 13.0. The molecule has 0 amide bonds. The molecule has 13 unspecified atom stereocenters. The second-order valence-corrected chi connectivity index (χ2v) is 14.9. The van der Waals surface area contributed by atoms with Gasteiger partial charge in [-0.3, -0.25) is 4.79 Å². The third-order valence-electron chi connectivity index (χ3n) is 13.3. The molecule has 0 radical (unpaired) electrons. The topological polar surface area (TPSA) is 63.6 Å². The number of carbonyl (C=O) groups is 2. The zero-order chi connectivity index (χ0) is 26.1. The van der Waals surface area contributed by atoms with E-state index in [4.69, 9.17) is 4.74 Å². The first-order chi connectivity index (χ1) is 17.6. The lowest BCUT2D eigenvalue weighted by atomic mass is 9.43. The lowest BCUT2D eigenvalue weighted by molar-refractivity contribution is -0.183. The SMILES string of the molecule is CC(=O)CCC(C)C1CCC2C3CCC4CC(OC(=O)C5CC6C=CC5C6)CCC4(C)C3CC(O)C12C. The van der Waals surface area contributed by atoms with Gasteiger partial charge in [0.1, 0.15) is 11.9 Å². The monoisotopic (exact) mass is 510 g/mol. The molecule has 0 aromatic heterocycles. The molecular formula is C33H50O4. The van der Waals surface area contributed by atoms with Gasteiger partial charge in [-0.05, 0) is 136 Å². The summed E-state index contributed by atoms with van der Waals surface area (Å²) >= 11 is 0. The molecule has 5 fully saturated rings. The van der Waals surface area contributed by atoms with Crippen LogP contribution in [0.15, 0.2) is 12.2 Å². The third kappa shape index (κ3) is 4.18. The van der Waals surface area contributed by atoms with Gasteiger partial charge < -0.3 is 14.6 Å². The molecule has 0 aliphatic heterocycles. The molecule has 2 bridgehead atoms. The molecule has 6 rings (SSSR count). The Kier molecular flexibility index (Phi) is 6.69. The van der Waals surface area contributed by atoms with Crippen LogP contribution in [-0.2, 0) is 14.3 Å². The minimum atomic E-state index is -0.247. The number of aliphatic hydroxyl groups excluding tert-OH is 1. The van der Waals surface area contributed by atoms with E-state index < -0.39 is 0 Å². The molecule has 206 valence electrons. The van der Waals surface area contributed by atoms with E-state index in [-0.39, 0.29) is 40.7 Å². The summed E-state index contributed by atoms with van der Waals surface area (Å²) < 4.78 is 6.20. The Balaban J connectivity index is 1.12. The Bertz CT molecular complexity index is 941. The summed E-state index contributed by atoms with van der Waals surface area (Å²) in [4.78, 5) is 24.7. The van der Waals surface area contributed by atoms with Crippen LogP contribution in [0.25, 0.3) is 0 Å². The number of esters is 1. The molecule has 0 aromatic carbocycles. The van der Waals surface area contributed by atoms with Crippen molar-refractivity contribution in [3.63, 3.8) is 0 Å². The van der Waals surface area contributed by atoms with Crippen molar-refractivity contribution in [1.82, 2.24) is 0 Å². The van der Waals surface area contributed by atoms with Crippen molar-refractivity contribution in [2.45, 2.75) is 117 Å².